The van der Waals surface area contributed by atoms with Gasteiger partial charge in [0, 0.05) is 62.1 Å². The molecule has 0 aliphatic carbocycles. The topological polar surface area (TPSA) is 57.2 Å². The highest BCUT2D eigenvalue weighted by Gasteiger charge is 2.17. The Hall–Kier alpha value is -2.57. The standard InChI is InChI=1S/C21H26N6/c1-16(15-27-13-11-26(2)12-14-27)23-21-18-5-3-4-6-19(18)24-20(25-21)17-7-9-22-10-8-17/h3-10,16H,11-15H2,1-2H3,(H,23,24,25). The number of benzene rings is 1. The second-order valence-electron chi connectivity index (χ2n) is 7.30. The van der Waals surface area contributed by atoms with Crippen LogP contribution in [0.5, 0.6) is 0 Å². The number of fused-ring (bicyclic) bond motifs is 1. The Labute approximate surface area is 160 Å². The zero-order chi connectivity index (χ0) is 18.6. The molecule has 6 nitrogen and oxygen atoms in total. The van der Waals surface area contributed by atoms with Crippen molar-refractivity contribution >= 4 is 16.7 Å². The maximum atomic E-state index is 4.84. The minimum Gasteiger partial charge on any atom is -0.366 e. The van der Waals surface area contributed by atoms with E-state index in [-0.39, 0.29) is 0 Å². The molecule has 4 rings (SSSR count). The molecular weight excluding hydrogens is 336 g/mol. The number of piperazine rings is 1. The number of nitrogens with zero attached hydrogens (tertiary/aromatic N) is 5. The number of pyridine rings is 1. The van der Waals surface area contributed by atoms with Gasteiger partial charge >= 0.3 is 0 Å². The van der Waals surface area contributed by atoms with E-state index in [0.717, 1.165) is 60.8 Å². The highest BCUT2D eigenvalue weighted by Crippen LogP contribution is 2.25. The van der Waals surface area contributed by atoms with Gasteiger partial charge in [-0.2, -0.15) is 0 Å². The molecule has 1 atom stereocenters. The lowest BCUT2D eigenvalue weighted by Gasteiger charge is -2.34. The summed E-state index contributed by atoms with van der Waals surface area (Å²) in [6.07, 6.45) is 3.55. The molecular formula is C21H26N6. The van der Waals surface area contributed by atoms with E-state index in [1.807, 2.05) is 30.3 Å². The number of likely N-dealkylation sites (N-methyl/N-ethyl adjacent to an activating group) is 1. The van der Waals surface area contributed by atoms with Gasteiger partial charge in [0.25, 0.3) is 0 Å². The molecule has 1 aromatic carbocycles. The average molecular weight is 362 g/mol. The number of nitrogens with one attached hydrogen (secondary N) is 1. The maximum absolute atomic E-state index is 4.84. The zero-order valence-electron chi connectivity index (χ0n) is 16.0. The third kappa shape index (κ3) is 4.23. The Morgan fingerprint density at radius 2 is 1.74 bits per heavy atom. The summed E-state index contributed by atoms with van der Waals surface area (Å²) in [5.41, 5.74) is 1.93. The lowest BCUT2D eigenvalue weighted by molar-refractivity contribution is 0.151. The molecule has 2 aromatic heterocycles. The zero-order valence-corrected chi connectivity index (χ0v) is 16.0. The van der Waals surface area contributed by atoms with Crippen LogP contribution >= 0.6 is 0 Å². The van der Waals surface area contributed by atoms with Gasteiger partial charge in [-0.05, 0) is 38.2 Å². The summed E-state index contributed by atoms with van der Waals surface area (Å²) in [4.78, 5) is 18.6. The van der Waals surface area contributed by atoms with Crippen LogP contribution in [0.2, 0.25) is 0 Å². The molecule has 1 aliphatic heterocycles. The van der Waals surface area contributed by atoms with Crippen LogP contribution in [-0.2, 0) is 0 Å². The van der Waals surface area contributed by atoms with E-state index < -0.39 is 0 Å². The molecule has 3 aromatic rings. The number of hydrogen-bond acceptors (Lipinski definition) is 6. The van der Waals surface area contributed by atoms with Crippen molar-refractivity contribution in [2.45, 2.75) is 13.0 Å². The molecule has 0 bridgehead atoms. The van der Waals surface area contributed by atoms with E-state index in [1.54, 1.807) is 12.4 Å². The lowest BCUT2D eigenvalue weighted by atomic mass is 10.2. The van der Waals surface area contributed by atoms with Crippen molar-refractivity contribution < 1.29 is 0 Å². The van der Waals surface area contributed by atoms with Crippen molar-refractivity contribution in [1.82, 2.24) is 24.8 Å². The third-order valence-electron chi connectivity index (χ3n) is 5.05. The molecule has 1 saturated heterocycles. The van der Waals surface area contributed by atoms with Crippen molar-refractivity contribution in [3.05, 3.63) is 48.8 Å². The van der Waals surface area contributed by atoms with Gasteiger partial charge < -0.3 is 10.2 Å². The summed E-state index contributed by atoms with van der Waals surface area (Å²) in [7, 11) is 2.19. The van der Waals surface area contributed by atoms with Crippen LogP contribution in [0.15, 0.2) is 48.8 Å². The Morgan fingerprint density at radius 3 is 2.52 bits per heavy atom. The smallest absolute Gasteiger partial charge is 0.162 e. The second kappa shape index (κ2) is 7.98. The fraction of sp³-hybridized carbons (Fsp3) is 0.381. The first-order chi connectivity index (χ1) is 13.2. The van der Waals surface area contributed by atoms with Crippen molar-refractivity contribution in [3.63, 3.8) is 0 Å². The Kier molecular flexibility index (Phi) is 5.27. The molecule has 0 radical (unpaired) electrons. The van der Waals surface area contributed by atoms with Crippen LogP contribution < -0.4 is 5.32 Å². The van der Waals surface area contributed by atoms with Gasteiger partial charge in [-0.15, -0.1) is 0 Å². The molecule has 140 valence electrons. The molecule has 1 fully saturated rings. The molecule has 1 N–H and O–H groups in total. The van der Waals surface area contributed by atoms with Gasteiger partial charge in [0.1, 0.15) is 5.82 Å². The number of anilines is 1. The maximum Gasteiger partial charge on any atom is 0.162 e. The van der Waals surface area contributed by atoms with Crippen molar-refractivity contribution in [1.29, 1.82) is 0 Å². The highest BCUT2D eigenvalue weighted by atomic mass is 15.3. The van der Waals surface area contributed by atoms with E-state index in [0.29, 0.717) is 6.04 Å². The van der Waals surface area contributed by atoms with Crippen LogP contribution in [0.3, 0.4) is 0 Å². The summed E-state index contributed by atoms with van der Waals surface area (Å²) in [6, 6.07) is 12.4. The predicted molar refractivity (Wildman–Crippen MR) is 110 cm³/mol. The third-order valence-corrected chi connectivity index (χ3v) is 5.05. The fourth-order valence-corrected chi connectivity index (χ4v) is 3.51. The van der Waals surface area contributed by atoms with E-state index in [4.69, 9.17) is 9.97 Å². The van der Waals surface area contributed by atoms with E-state index in [2.05, 4.69) is 40.1 Å². The van der Waals surface area contributed by atoms with Crippen molar-refractivity contribution in [2.24, 2.45) is 0 Å². The van der Waals surface area contributed by atoms with Gasteiger partial charge in [0.15, 0.2) is 5.82 Å². The first-order valence-electron chi connectivity index (χ1n) is 9.53. The average Bonchev–Trinajstić information content (AvgIpc) is 2.70. The predicted octanol–water partition coefficient (Wildman–Crippen LogP) is 2.74. The van der Waals surface area contributed by atoms with Gasteiger partial charge in [0.2, 0.25) is 0 Å². The summed E-state index contributed by atoms with van der Waals surface area (Å²) >= 11 is 0. The minimum atomic E-state index is 0.303. The molecule has 1 unspecified atom stereocenters. The number of para-hydroxylation sites is 1. The van der Waals surface area contributed by atoms with Crippen molar-refractivity contribution in [2.75, 3.05) is 45.1 Å². The largest absolute Gasteiger partial charge is 0.366 e. The summed E-state index contributed by atoms with van der Waals surface area (Å²) in [5, 5.41) is 4.69. The number of aromatic nitrogens is 3. The molecule has 1 aliphatic rings. The van der Waals surface area contributed by atoms with Crippen molar-refractivity contribution in [3.8, 4) is 11.4 Å². The SMILES string of the molecule is CC(CN1CCN(C)CC1)Nc1nc(-c2ccncc2)nc2ccccc12. The summed E-state index contributed by atoms with van der Waals surface area (Å²) < 4.78 is 0. The Bertz CT molecular complexity index is 890. The highest BCUT2D eigenvalue weighted by molar-refractivity contribution is 5.90. The number of hydrogen-bond donors (Lipinski definition) is 1. The van der Waals surface area contributed by atoms with E-state index in [9.17, 15) is 0 Å². The first kappa shape index (κ1) is 17.8. The molecule has 0 saturated carbocycles. The fourth-order valence-electron chi connectivity index (χ4n) is 3.51. The van der Waals surface area contributed by atoms with Gasteiger partial charge in [0.05, 0.1) is 5.52 Å². The molecule has 0 spiro atoms. The second-order valence-corrected chi connectivity index (χ2v) is 7.30. The quantitative estimate of drug-likeness (QED) is 0.753. The van der Waals surface area contributed by atoms with Crippen LogP contribution in [-0.4, -0.2) is 70.6 Å². The minimum absolute atomic E-state index is 0.303. The lowest BCUT2D eigenvalue weighted by Crippen LogP contribution is -2.47. The Balaban J connectivity index is 1.58. The van der Waals surface area contributed by atoms with E-state index >= 15 is 0 Å². The number of rotatable bonds is 5. The van der Waals surface area contributed by atoms with E-state index in [1.165, 1.54) is 0 Å². The van der Waals surface area contributed by atoms with Gasteiger partial charge in [-0.3, -0.25) is 9.88 Å². The van der Waals surface area contributed by atoms with Crippen LogP contribution in [0.25, 0.3) is 22.3 Å². The Morgan fingerprint density at radius 1 is 1.00 bits per heavy atom. The first-order valence-corrected chi connectivity index (χ1v) is 9.53. The monoisotopic (exact) mass is 362 g/mol. The normalized spacial score (nSPS) is 17.1. The van der Waals surface area contributed by atoms with Gasteiger partial charge in [-0.25, -0.2) is 9.97 Å². The summed E-state index contributed by atoms with van der Waals surface area (Å²) in [5.74, 6) is 1.62. The van der Waals surface area contributed by atoms with Gasteiger partial charge in [-0.1, -0.05) is 12.1 Å². The molecule has 0 amide bonds. The van der Waals surface area contributed by atoms with Crippen LogP contribution in [0.1, 0.15) is 6.92 Å². The molecule has 3 heterocycles. The summed E-state index contributed by atoms with van der Waals surface area (Å²) in [6.45, 7) is 7.74. The van der Waals surface area contributed by atoms with Crippen LogP contribution in [0.4, 0.5) is 5.82 Å². The molecule has 27 heavy (non-hydrogen) atoms. The van der Waals surface area contributed by atoms with Crippen LogP contribution in [0, 0.1) is 0 Å². The molecule has 6 heteroatoms.